The minimum atomic E-state index is -4.62. The van der Waals surface area contributed by atoms with Gasteiger partial charge in [0.1, 0.15) is 17.6 Å². The number of likely N-dealkylation sites (N-methyl/N-ethyl adjacent to an activating group) is 1. The number of ether oxygens (including phenoxy) is 1. The van der Waals surface area contributed by atoms with Crippen LogP contribution in [0.25, 0.3) is 0 Å². The molecule has 2 atom stereocenters. The number of rotatable bonds is 9. The highest BCUT2D eigenvalue weighted by atomic mass is 19.4. The summed E-state index contributed by atoms with van der Waals surface area (Å²) in [5, 5.41) is 5.89. The summed E-state index contributed by atoms with van der Waals surface area (Å²) < 4.78 is 46.0. The van der Waals surface area contributed by atoms with Crippen LogP contribution in [0, 0.1) is 0 Å². The third-order valence-corrected chi connectivity index (χ3v) is 7.42. The summed E-state index contributed by atoms with van der Waals surface area (Å²) in [6.07, 6.45) is 3.88. The smallest absolute Gasteiger partial charge is 0.421 e. The lowest BCUT2D eigenvalue weighted by Crippen LogP contribution is -2.44. The van der Waals surface area contributed by atoms with Crippen LogP contribution in [0.15, 0.2) is 49.2 Å². The zero-order valence-electron chi connectivity index (χ0n) is 21.9. The molecule has 4 heterocycles. The molecule has 208 valence electrons. The number of likely N-dealkylation sites (tertiary alicyclic amines) is 1. The van der Waals surface area contributed by atoms with Crippen molar-refractivity contribution >= 4 is 29.0 Å². The molecule has 2 bridgehead atoms. The molecule has 3 aliphatic heterocycles. The van der Waals surface area contributed by atoms with Gasteiger partial charge in [-0.3, -0.25) is 9.69 Å². The predicted molar refractivity (Wildman–Crippen MR) is 142 cm³/mol. The van der Waals surface area contributed by atoms with Crippen molar-refractivity contribution in [3.05, 3.63) is 60.3 Å². The summed E-state index contributed by atoms with van der Waals surface area (Å²) in [6, 6.07) is 7.22. The van der Waals surface area contributed by atoms with Crippen LogP contribution in [0.3, 0.4) is 0 Å². The number of hydrogen-bond donors (Lipinski definition) is 2. The molecule has 2 N–H and O–H groups in total. The topological polar surface area (TPSA) is 85.9 Å². The minimum Gasteiger partial charge on any atom is -0.471 e. The molecule has 0 saturated carbocycles. The molecule has 39 heavy (non-hydrogen) atoms. The first-order chi connectivity index (χ1) is 18.7. The number of halogens is 3. The molecule has 3 aliphatic rings. The Morgan fingerprint density at radius 2 is 2.03 bits per heavy atom. The number of aromatic nitrogens is 2. The SMILES string of the molecule is CCc1cc(N2C[C@H]3C[C@@H]2CN3C)ccc1Nc1ncc(C(F)(F)F)c(NCCCN2C=COC=CC2=O)n1. The van der Waals surface area contributed by atoms with Crippen LogP contribution in [-0.4, -0.2) is 71.0 Å². The van der Waals surface area contributed by atoms with E-state index in [1.165, 1.54) is 36.1 Å². The Bertz CT molecular complexity index is 1260. The van der Waals surface area contributed by atoms with Gasteiger partial charge in [0.05, 0.1) is 6.26 Å². The van der Waals surface area contributed by atoms with E-state index in [1.54, 1.807) is 0 Å². The second kappa shape index (κ2) is 11.1. The van der Waals surface area contributed by atoms with Crippen LogP contribution < -0.4 is 15.5 Å². The maximum atomic E-state index is 13.7. The molecule has 0 unspecified atom stereocenters. The summed E-state index contributed by atoms with van der Waals surface area (Å²) in [5.41, 5.74) is 2.01. The highest BCUT2D eigenvalue weighted by Crippen LogP contribution is 2.37. The number of nitrogens with zero attached hydrogens (tertiary/aromatic N) is 5. The van der Waals surface area contributed by atoms with E-state index in [0.717, 1.165) is 42.6 Å². The Morgan fingerprint density at radius 3 is 2.74 bits per heavy atom. The average Bonchev–Trinajstić information content (AvgIpc) is 3.41. The highest BCUT2D eigenvalue weighted by Gasteiger charge is 2.41. The van der Waals surface area contributed by atoms with Crippen LogP contribution in [0.4, 0.5) is 36.3 Å². The highest BCUT2D eigenvalue weighted by molar-refractivity contribution is 5.88. The summed E-state index contributed by atoms with van der Waals surface area (Å²) in [5.74, 6) is -0.508. The molecule has 1 aromatic carbocycles. The second-order valence-corrected chi connectivity index (χ2v) is 9.94. The average molecular weight is 544 g/mol. The Kier molecular flexibility index (Phi) is 7.65. The molecule has 0 aliphatic carbocycles. The Morgan fingerprint density at radius 1 is 1.18 bits per heavy atom. The molecule has 2 fully saturated rings. The number of carbonyl (C=O) groups excluding carboxylic acids is 1. The van der Waals surface area contributed by atoms with Crippen molar-refractivity contribution in [2.45, 2.75) is 44.4 Å². The van der Waals surface area contributed by atoms with Crippen molar-refractivity contribution in [1.82, 2.24) is 19.8 Å². The van der Waals surface area contributed by atoms with E-state index >= 15 is 0 Å². The van der Waals surface area contributed by atoms with E-state index in [2.05, 4.69) is 43.5 Å². The van der Waals surface area contributed by atoms with E-state index in [9.17, 15) is 18.0 Å². The zero-order chi connectivity index (χ0) is 27.6. The number of anilines is 4. The third kappa shape index (κ3) is 5.95. The molecular formula is C27H32F3N7O2. The van der Waals surface area contributed by atoms with Gasteiger partial charge in [-0.15, -0.1) is 0 Å². The van der Waals surface area contributed by atoms with Crippen molar-refractivity contribution in [3.63, 3.8) is 0 Å². The monoisotopic (exact) mass is 543 g/mol. The number of piperazine rings is 1. The quantitative estimate of drug-likeness (QED) is 0.452. The standard InChI is InChI=1S/C27H32F3N7O2/c1-3-18-13-19(37-17-20-14-21(37)16-35(20)2)5-6-23(18)33-26-32-15-22(27(28,29)30)25(34-26)31-8-4-9-36-10-12-39-11-7-24(36)38/h5-7,10-13,15,20-21H,3-4,8-9,14,16-17H2,1-2H3,(H2,31,32,33,34)/t20-,21-/m1/s1. The Hall–Kier alpha value is -3.80. The normalized spacial score (nSPS) is 20.9. The molecule has 2 aromatic rings. The molecule has 1 aromatic heterocycles. The van der Waals surface area contributed by atoms with Crippen LogP contribution in [-0.2, 0) is 22.1 Å². The number of amides is 1. The van der Waals surface area contributed by atoms with E-state index < -0.39 is 11.7 Å². The summed E-state index contributed by atoms with van der Waals surface area (Å²) in [6.45, 7) is 4.57. The van der Waals surface area contributed by atoms with E-state index in [1.807, 2.05) is 19.1 Å². The van der Waals surface area contributed by atoms with Gasteiger partial charge in [-0.05, 0) is 50.1 Å². The first-order valence-corrected chi connectivity index (χ1v) is 13.1. The minimum absolute atomic E-state index is 0.0720. The molecular weight excluding hydrogens is 511 g/mol. The fourth-order valence-electron chi connectivity index (χ4n) is 5.32. The third-order valence-electron chi connectivity index (χ3n) is 7.42. The lowest BCUT2D eigenvalue weighted by atomic mass is 10.1. The summed E-state index contributed by atoms with van der Waals surface area (Å²) in [7, 11) is 2.17. The number of aryl methyl sites for hydroxylation is 1. The molecule has 1 amide bonds. The lowest BCUT2D eigenvalue weighted by Gasteiger charge is -2.34. The number of hydrogen-bond acceptors (Lipinski definition) is 8. The van der Waals surface area contributed by atoms with Crippen LogP contribution in [0.5, 0.6) is 0 Å². The van der Waals surface area contributed by atoms with Gasteiger partial charge in [-0.25, -0.2) is 4.98 Å². The van der Waals surface area contributed by atoms with Crippen molar-refractivity contribution < 1.29 is 22.7 Å². The fourth-order valence-corrected chi connectivity index (χ4v) is 5.32. The molecule has 5 rings (SSSR count). The lowest BCUT2D eigenvalue weighted by molar-refractivity contribution is -0.137. The first kappa shape index (κ1) is 26.8. The van der Waals surface area contributed by atoms with Crippen molar-refractivity contribution in [3.8, 4) is 0 Å². The van der Waals surface area contributed by atoms with Gasteiger partial charge in [0.25, 0.3) is 5.91 Å². The molecule has 9 nitrogen and oxygen atoms in total. The van der Waals surface area contributed by atoms with Crippen LogP contribution in [0.2, 0.25) is 0 Å². The van der Waals surface area contributed by atoms with E-state index in [-0.39, 0.29) is 24.2 Å². The molecule has 0 radical (unpaired) electrons. The molecule has 2 saturated heterocycles. The molecule has 0 spiro atoms. The molecule has 12 heteroatoms. The van der Waals surface area contributed by atoms with Crippen molar-refractivity contribution in [2.24, 2.45) is 0 Å². The van der Waals surface area contributed by atoms with Crippen molar-refractivity contribution in [1.29, 1.82) is 0 Å². The van der Waals surface area contributed by atoms with Gasteiger partial charge in [0.15, 0.2) is 0 Å². The Labute approximate surface area is 225 Å². The van der Waals surface area contributed by atoms with E-state index in [4.69, 9.17) is 4.74 Å². The van der Waals surface area contributed by atoms with Gasteiger partial charge >= 0.3 is 6.18 Å². The number of carbonyl (C=O) groups is 1. The zero-order valence-corrected chi connectivity index (χ0v) is 21.9. The summed E-state index contributed by atoms with van der Waals surface area (Å²) >= 11 is 0. The van der Waals surface area contributed by atoms with Crippen molar-refractivity contribution in [2.75, 3.05) is 48.8 Å². The van der Waals surface area contributed by atoms with E-state index in [0.29, 0.717) is 25.0 Å². The number of fused-ring (bicyclic) bond motifs is 2. The number of nitrogens with one attached hydrogen (secondary N) is 2. The second-order valence-electron chi connectivity index (χ2n) is 9.94. The van der Waals surface area contributed by atoms with Gasteiger partial charge < -0.3 is 25.2 Å². The maximum Gasteiger partial charge on any atom is 0.421 e. The number of benzene rings is 1. The first-order valence-electron chi connectivity index (χ1n) is 13.1. The van der Waals surface area contributed by atoms with Gasteiger partial charge in [-0.1, -0.05) is 6.92 Å². The largest absolute Gasteiger partial charge is 0.471 e. The maximum absolute atomic E-state index is 13.7. The van der Waals surface area contributed by atoms with Gasteiger partial charge in [0.2, 0.25) is 5.95 Å². The van der Waals surface area contributed by atoms with Crippen LogP contribution in [0.1, 0.15) is 30.9 Å². The van der Waals surface area contributed by atoms with Crippen LogP contribution >= 0.6 is 0 Å². The Balaban J connectivity index is 1.28. The van der Waals surface area contributed by atoms with Gasteiger partial charge in [-0.2, -0.15) is 18.2 Å². The number of alkyl halides is 3. The summed E-state index contributed by atoms with van der Waals surface area (Å²) in [4.78, 5) is 26.4. The fraction of sp³-hybridized carbons (Fsp3) is 0.444. The predicted octanol–water partition coefficient (Wildman–Crippen LogP) is 4.34. The van der Waals surface area contributed by atoms with Gasteiger partial charge in [0, 0.05) is 68.1 Å².